The number of benzene rings is 5. The van der Waals surface area contributed by atoms with E-state index in [2.05, 4.69) is 221 Å². The third-order valence-corrected chi connectivity index (χ3v) is 18.7. The van der Waals surface area contributed by atoms with Crippen LogP contribution < -0.4 is 0 Å². The van der Waals surface area contributed by atoms with Crippen LogP contribution in [0.2, 0.25) is 0 Å². The largest absolute Gasteiger partial charge is 0.410 e. The Morgan fingerprint density at radius 3 is 1.15 bits per heavy atom. The van der Waals surface area contributed by atoms with Gasteiger partial charge in [-0.2, -0.15) is 0 Å². The van der Waals surface area contributed by atoms with Crippen LogP contribution in [0.3, 0.4) is 0 Å². The molecule has 4 aliphatic carbocycles. The minimum Gasteiger partial charge on any atom is -0.410 e. The maximum Gasteiger partial charge on any atom is 0.117 e. The highest BCUT2D eigenvalue weighted by molar-refractivity contribution is 6.13. The third kappa shape index (κ3) is 11.2. The molecule has 0 spiro atoms. The highest BCUT2D eigenvalue weighted by atomic mass is 16.4. The number of aromatic nitrogens is 1. The van der Waals surface area contributed by atoms with Crippen LogP contribution in [-0.2, 0) is 37.9 Å². The molecule has 1 aromatic heterocycles. The Balaban J connectivity index is 0.000000163. The first-order valence-electron chi connectivity index (χ1n) is 27.9. The molecule has 0 atom stereocenters. The maximum absolute atomic E-state index is 9.75. The third-order valence-electron chi connectivity index (χ3n) is 18.7. The summed E-state index contributed by atoms with van der Waals surface area (Å²) in [5.41, 5.74) is 27.3. The van der Waals surface area contributed by atoms with Gasteiger partial charge in [0.25, 0.3) is 0 Å². The molecule has 1 N–H and O–H groups in total. The van der Waals surface area contributed by atoms with E-state index in [-0.39, 0.29) is 45.3 Å². The lowest BCUT2D eigenvalue weighted by Gasteiger charge is -2.43. The van der Waals surface area contributed by atoms with Crippen LogP contribution in [0, 0.1) is 41.5 Å². The molecule has 10 rings (SSSR count). The zero-order valence-corrected chi connectivity index (χ0v) is 49.0. The summed E-state index contributed by atoms with van der Waals surface area (Å²) in [6, 6.07) is 35.8. The summed E-state index contributed by atoms with van der Waals surface area (Å²) >= 11 is 0. The Morgan fingerprint density at radius 2 is 0.760 bits per heavy atom. The van der Waals surface area contributed by atoms with Crippen molar-refractivity contribution in [1.29, 1.82) is 0 Å². The molecule has 0 aliphatic heterocycles. The Kier molecular flexibility index (Phi) is 15.6. The molecular weight excluding hydrogens is 909 g/mol. The lowest BCUT2D eigenvalue weighted by Crippen LogP contribution is -2.34. The molecule has 0 bridgehead atoms. The standard InChI is InChI=1S/C24H31N.C24H30.C23H29NO.CH4/c1-16-7-8-21(25-15-16)24(11-12-24)18-14-20-19(13-17(18)2)22(3,4)9-10-23(20,5)6;1-16-8-10-19(11-9-16)18(3)20-15-22-21(14-17(20)2)23(4,5)12-13-24(22,6)7;1-15-7-9-17(10-8-15)21(24-25)18-14-20-19(13-16(18)2)22(3,4)11-12-23(20,5)6;/h7-8,13-15H,9-12H2,1-6H3;8-11,14-15H,3,12-13H2,1-2,4-7H3;7-10,13-14,25H,11-12H2,1-6H3;1H4/b;;24-21+;. The first kappa shape index (κ1) is 57.2. The molecule has 0 amide bonds. The molecule has 6 aromatic rings. The van der Waals surface area contributed by atoms with Crippen molar-refractivity contribution in [2.24, 2.45) is 5.16 Å². The molecule has 5 aromatic carbocycles. The molecule has 398 valence electrons. The summed E-state index contributed by atoms with van der Waals surface area (Å²) in [5.74, 6) is 0. The molecule has 3 nitrogen and oxygen atoms in total. The molecule has 0 radical (unpaired) electrons. The van der Waals surface area contributed by atoms with Gasteiger partial charge in [-0.25, -0.2) is 0 Å². The van der Waals surface area contributed by atoms with Crippen molar-refractivity contribution in [3.8, 4) is 0 Å². The predicted octanol–water partition coefficient (Wildman–Crippen LogP) is 19.4. The van der Waals surface area contributed by atoms with Crippen LogP contribution in [0.25, 0.3) is 5.57 Å². The fourth-order valence-corrected chi connectivity index (χ4v) is 12.7. The molecule has 1 heterocycles. The Labute approximate surface area is 455 Å². The lowest BCUT2D eigenvalue weighted by atomic mass is 9.62. The van der Waals surface area contributed by atoms with Crippen molar-refractivity contribution in [1.82, 2.24) is 4.98 Å². The summed E-state index contributed by atoms with van der Waals surface area (Å²) < 4.78 is 0. The van der Waals surface area contributed by atoms with Gasteiger partial charge in [0.1, 0.15) is 5.71 Å². The van der Waals surface area contributed by atoms with Gasteiger partial charge in [-0.15, -0.1) is 0 Å². The minimum atomic E-state index is 0. The van der Waals surface area contributed by atoms with E-state index in [1.165, 1.54) is 124 Å². The summed E-state index contributed by atoms with van der Waals surface area (Å²) in [4.78, 5) is 4.81. The van der Waals surface area contributed by atoms with Gasteiger partial charge in [-0.1, -0.05) is 198 Å². The second kappa shape index (κ2) is 20.4. The fourth-order valence-electron chi connectivity index (χ4n) is 12.7. The van der Waals surface area contributed by atoms with E-state index in [9.17, 15) is 5.21 Å². The van der Waals surface area contributed by atoms with Gasteiger partial charge in [-0.3, -0.25) is 4.98 Å². The van der Waals surface area contributed by atoms with Crippen molar-refractivity contribution in [3.05, 3.63) is 210 Å². The second-order valence-corrected chi connectivity index (χ2v) is 27.4. The summed E-state index contributed by atoms with van der Waals surface area (Å²) in [6.45, 7) is 45.9. The molecular formula is C72H94N2O. The van der Waals surface area contributed by atoms with Gasteiger partial charge >= 0.3 is 0 Å². The van der Waals surface area contributed by atoms with Crippen molar-refractivity contribution in [2.75, 3.05) is 0 Å². The van der Waals surface area contributed by atoms with E-state index in [0.717, 1.165) is 22.3 Å². The number of hydrogen-bond donors (Lipinski definition) is 1. The normalized spacial score (nSPS) is 19.5. The van der Waals surface area contributed by atoms with E-state index < -0.39 is 0 Å². The number of aryl methyl sites for hydroxylation is 6. The van der Waals surface area contributed by atoms with Gasteiger partial charge < -0.3 is 5.21 Å². The molecule has 1 saturated carbocycles. The highest BCUT2D eigenvalue weighted by Crippen LogP contribution is 2.56. The predicted molar refractivity (Wildman–Crippen MR) is 323 cm³/mol. The minimum absolute atomic E-state index is 0. The second-order valence-electron chi connectivity index (χ2n) is 27.4. The van der Waals surface area contributed by atoms with Crippen molar-refractivity contribution in [2.45, 2.75) is 221 Å². The van der Waals surface area contributed by atoms with E-state index >= 15 is 0 Å². The number of hydrogen-bond acceptors (Lipinski definition) is 3. The van der Waals surface area contributed by atoms with E-state index in [0.29, 0.717) is 5.71 Å². The SMILES string of the molecule is C.C=C(c1ccc(C)cc1)c1cc2c(cc1C)C(C)(C)CCC2(C)C.Cc1ccc(/C(=N\O)c2cc3c(cc2C)C(C)(C)CCC3(C)C)cc1.Cc1ccc(C2(c3cc4c(cc3C)C(C)(C)CCC4(C)C)CC2)nc1. The van der Waals surface area contributed by atoms with Crippen LogP contribution in [0.1, 0.15) is 242 Å². The number of rotatable bonds is 6. The van der Waals surface area contributed by atoms with Gasteiger partial charge in [-0.05, 0) is 215 Å². The zero-order chi connectivity index (χ0) is 54.1. The van der Waals surface area contributed by atoms with Crippen LogP contribution in [0.4, 0.5) is 0 Å². The monoisotopic (exact) mass is 1000 g/mol. The van der Waals surface area contributed by atoms with Crippen molar-refractivity contribution in [3.63, 3.8) is 0 Å². The highest BCUT2D eigenvalue weighted by Gasteiger charge is 2.49. The van der Waals surface area contributed by atoms with Gasteiger partial charge in [0.2, 0.25) is 0 Å². The summed E-state index contributed by atoms with van der Waals surface area (Å²) in [6.07, 6.45) is 11.9. The van der Waals surface area contributed by atoms with E-state index in [1.54, 1.807) is 11.1 Å². The molecule has 4 aliphatic rings. The number of pyridine rings is 1. The van der Waals surface area contributed by atoms with Gasteiger partial charge in [0.05, 0.1) is 5.69 Å². The van der Waals surface area contributed by atoms with Crippen LogP contribution >= 0.6 is 0 Å². The molecule has 1 fully saturated rings. The fraction of sp³-hybridized carbons (Fsp3) is 0.472. The van der Waals surface area contributed by atoms with Crippen molar-refractivity contribution >= 4 is 11.3 Å². The smallest absolute Gasteiger partial charge is 0.117 e. The first-order chi connectivity index (χ1) is 34.4. The number of fused-ring (bicyclic) bond motifs is 3. The van der Waals surface area contributed by atoms with Crippen LogP contribution in [0.15, 0.2) is 115 Å². The van der Waals surface area contributed by atoms with Crippen molar-refractivity contribution < 1.29 is 5.21 Å². The Morgan fingerprint density at radius 1 is 0.413 bits per heavy atom. The number of nitrogens with zero attached hydrogens (tertiary/aromatic N) is 2. The Hall–Kier alpha value is -5.54. The van der Waals surface area contributed by atoms with E-state index in [1.807, 2.05) is 18.3 Å². The lowest BCUT2D eigenvalue weighted by molar-refractivity contribution is 0.319. The quantitative estimate of drug-likeness (QED) is 0.103. The first-order valence-corrected chi connectivity index (χ1v) is 27.9. The van der Waals surface area contributed by atoms with Crippen LogP contribution in [0.5, 0.6) is 0 Å². The average Bonchev–Trinajstić information content (AvgIpc) is 4.15. The molecule has 75 heavy (non-hydrogen) atoms. The summed E-state index contributed by atoms with van der Waals surface area (Å²) in [7, 11) is 0. The van der Waals surface area contributed by atoms with Crippen LogP contribution in [-0.4, -0.2) is 15.9 Å². The Bertz CT molecular complexity index is 3110. The average molecular weight is 1000 g/mol. The molecule has 3 heteroatoms. The molecule has 0 unspecified atom stereocenters. The van der Waals surface area contributed by atoms with Gasteiger partial charge in [0, 0.05) is 22.7 Å². The maximum atomic E-state index is 9.75. The summed E-state index contributed by atoms with van der Waals surface area (Å²) in [5, 5.41) is 13.4. The van der Waals surface area contributed by atoms with E-state index in [4.69, 9.17) is 4.98 Å². The topological polar surface area (TPSA) is 45.5 Å². The zero-order valence-electron chi connectivity index (χ0n) is 49.0. The van der Waals surface area contributed by atoms with Gasteiger partial charge in [0.15, 0.2) is 0 Å². The molecule has 0 saturated heterocycles. The number of oxime groups is 1.